The quantitative estimate of drug-likeness (QED) is 0.678. The number of nitrogens with zero attached hydrogens (tertiary/aromatic N) is 1. The number of pyridine rings is 1. The standard InChI is InChI=1S/C17H17NO4/c1-11(12-4-6-18-7-5-12)8-14(19)17-15(20)9-13(21-2)10-16(17)22-3/h4-10,20H,1-3H3. The second-order valence-electron chi connectivity index (χ2n) is 4.65. The van der Waals surface area contributed by atoms with E-state index in [2.05, 4.69) is 4.98 Å². The highest BCUT2D eigenvalue weighted by Gasteiger charge is 2.18. The topological polar surface area (TPSA) is 68.7 Å². The van der Waals surface area contributed by atoms with Crippen LogP contribution in [-0.2, 0) is 0 Å². The third-order valence-electron chi connectivity index (χ3n) is 3.24. The van der Waals surface area contributed by atoms with Gasteiger partial charge in [0.2, 0.25) is 0 Å². The maximum absolute atomic E-state index is 12.5. The van der Waals surface area contributed by atoms with Crippen LogP contribution in [0, 0.1) is 0 Å². The van der Waals surface area contributed by atoms with Gasteiger partial charge in [0, 0.05) is 24.5 Å². The van der Waals surface area contributed by atoms with Crippen LogP contribution in [-0.4, -0.2) is 30.1 Å². The number of carbonyl (C=O) groups excluding carboxylic acids is 1. The fourth-order valence-corrected chi connectivity index (χ4v) is 2.07. The molecule has 0 spiro atoms. The van der Waals surface area contributed by atoms with Crippen LogP contribution in [0.3, 0.4) is 0 Å². The number of aromatic nitrogens is 1. The summed E-state index contributed by atoms with van der Waals surface area (Å²) in [6.07, 6.45) is 4.77. The van der Waals surface area contributed by atoms with Gasteiger partial charge in [-0.15, -0.1) is 0 Å². The smallest absolute Gasteiger partial charge is 0.193 e. The van der Waals surface area contributed by atoms with E-state index in [9.17, 15) is 9.90 Å². The molecule has 1 heterocycles. The number of aromatic hydroxyl groups is 1. The first kappa shape index (κ1) is 15.6. The number of hydrogen-bond acceptors (Lipinski definition) is 5. The molecule has 0 radical (unpaired) electrons. The van der Waals surface area contributed by atoms with Crippen LogP contribution in [0.1, 0.15) is 22.8 Å². The summed E-state index contributed by atoms with van der Waals surface area (Å²) in [5.74, 6) is 0.160. The predicted octanol–water partition coefficient (Wildman–Crippen LogP) is 3.09. The van der Waals surface area contributed by atoms with E-state index in [-0.39, 0.29) is 22.8 Å². The van der Waals surface area contributed by atoms with Crippen LogP contribution in [0.4, 0.5) is 0 Å². The molecule has 0 bridgehead atoms. The third-order valence-corrected chi connectivity index (χ3v) is 3.24. The van der Waals surface area contributed by atoms with Gasteiger partial charge in [-0.05, 0) is 36.3 Å². The number of phenolic OH excluding ortho intramolecular Hbond substituents is 1. The highest BCUT2D eigenvalue weighted by atomic mass is 16.5. The van der Waals surface area contributed by atoms with Crippen LogP contribution in [0.25, 0.3) is 5.57 Å². The number of hydrogen-bond donors (Lipinski definition) is 1. The zero-order chi connectivity index (χ0) is 16.1. The summed E-state index contributed by atoms with van der Waals surface area (Å²) in [4.78, 5) is 16.4. The lowest BCUT2D eigenvalue weighted by atomic mass is 10.0. The maximum Gasteiger partial charge on any atom is 0.193 e. The van der Waals surface area contributed by atoms with Gasteiger partial charge < -0.3 is 14.6 Å². The molecule has 0 atom stereocenters. The molecule has 114 valence electrons. The second-order valence-corrected chi connectivity index (χ2v) is 4.65. The zero-order valence-corrected chi connectivity index (χ0v) is 12.7. The Morgan fingerprint density at radius 2 is 1.86 bits per heavy atom. The Kier molecular flexibility index (Phi) is 4.78. The molecule has 1 aromatic heterocycles. The molecule has 1 aromatic carbocycles. The number of phenols is 1. The van der Waals surface area contributed by atoms with Gasteiger partial charge in [0.1, 0.15) is 22.8 Å². The molecule has 0 unspecified atom stereocenters. The molecule has 0 amide bonds. The molecule has 0 aliphatic rings. The predicted molar refractivity (Wildman–Crippen MR) is 83.4 cm³/mol. The van der Waals surface area contributed by atoms with Crippen molar-refractivity contribution in [3.8, 4) is 17.2 Å². The fraction of sp³-hybridized carbons (Fsp3) is 0.176. The van der Waals surface area contributed by atoms with Crippen molar-refractivity contribution in [1.82, 2.24) is 4.98 Å². The number of rotatable bonds is 5. The molecule has 0 aliphatic carbocycles. The van der Waals surface area contributed by atoms with Gasteiger partial charge >= 0.3 is 0 Å². The lowest BCUT2D eigenvalue weighted by Gasteiger charge is -2.11. The van der Waals surface area contributed by atoms with E-state index in [0.717, 1.165) is 11.1 Å². The first-order chi connectivity index (χ1) is 10.6. The number of methoxy groups -OCH3 is 2. The minimum atomic E-state index is -0.341. The van der Waals surface area contributed by atoms with Crippen LogP contribution >= 0.6 is 0 Å². The molecular weight excluding hydrogens is 282 g/mol. The van der Waals surface area contributed by atoms with Gasteiger partial charge in [0.25, 0.3) is 0 Å². The lowest BCUT2D eigenvalue weighted by Crippen LogP contribution is -2.01. The van der Waals surface area contributed by atoms with E-state index in [1.165, 1.54) is 26.4 Å². The number of benzene rings is 1. The third kappa shape index (κ3) is 3.25. The zero-order valence-electron chi connectivity index (χ0n) is 12.7. The lowest BCUT2D eigenvalue weighted by molar-refractivity contribution is 0.104. The first-order valence-electron chi connectivity index (χ1n) is 6.64. The minimum Gasteiger partial charge on any atom is -0.507 e. The summed E-state index contributed by atoms with van der Waals surface area (Å²) in [6.45, 7) is 1.82. The van der Waals surface area contributed by atoms with Crippen molar-refractivity contribution < 1.29 is 19.4 Å². The van der Waals surface area contributed by atoms with Crippen LogP contribution in [0.2, 0.25) is 0 Å². The van der Waals surface area contributed by atoms with Crippen LogP contribution in [0.5, 0.6) is 17.2 Å². The average Bonchev–Trinajstić information content (AvgIpc) is 2.54. The van der Waals surface area contributed by atoms with E-state index >= 15 is 0 Å². The molecule has 1 N–H and O–H groups in total. The number of ether oxygens (including phenoxy) is 2. The Bertz CT molecular complexity index is 708. The van der Waals surface area contributed by atoms with Crippen molar-refractivity contribution in [1.29, 1.82) is 0 Å². The van der Waals surface area contributed by atoms with Crippen LogP contribution in [0.15, 0.2) is 42.7 Å². The summed E-state index contributed by atoms with van der Waals surface area (Å²) in [7, 11) is 2.91. The van der Waals surface area contributed by atoms with Gasteiger partial charge in [-0.25, -0.2) is 0 Å². The van der Waals surface area contributed by atoms with Crippen LogP contribution < -0.4 is 9.47 Å². The molecule has 22 heavy (non-hydrogen) atoms. The maximum atomic E-state index is 12.5. The Labute approximate surface area is 128 Å². The van der Waals surface area contributed by atoms with Gasteiger partial charge in [-0.3, -0.25) is 9.78 Å². The van der Waals surface area contributed by atoms with Gasteiger partial charge in [-0.1, -0.05) is 0 Å². The monoisotopic (exact) mass is 299 g/mol. The van der Waals surface area contributed by atoms with Crippen molar-refractivity contribution in [2.45, 2.75) is 6.92 Å². The van der Waals surface area contributed by atoms with E-state index in [1.807, 2.05) is 19.1 Å². The average molecular weight is 299 g/mol. The van der Waals surface area contributed by atoms with E-state index in [0.29, 0.717) is 5.75 Å². The van der Waals surface area contributed by atoms with Gasteiger partial charge in [0.15, 0.2) is 5.78 Å². The van der Waals surface area contributed by atoms with Crippen molar-refractivity contribution in [3.05, 3.63) is 53.9 Å². The highest BCUT2D eigenvalue weighted by Crippen LogP contribution is 2.34. The Balaban J connectivity index is 2.42. The number of allylic oxidation sites excluding steroid dienone is 2. The molecule has 0 fully saturated rings. The summed E-state index contributed by atoms with van der Waals surface area (Å²) >= 11 is 0. The van der Waals surface area contributed by atoms with Crippen molar-refractivity contribution in [2.75, 3.05) is 14.2 Å². The first-order valence-corrected chi connectivity index (χ1v) is 6.64. The number of ketones is 1. The molecule has 0 aliphatic heterocycles. The van der Waals surface area contributed by atoms with E-state index in [1.54, 1.807) is 18.5 Å². The summed E-state index contributed by atoms with van der Waals surface area (Å²) < 4.78 is 10.2. The van der Waals surface area contributed by atoms with Crippen molar-refractivity contribution >= 4 is 11.4 Å². The molecule has 5 heteroatoms. The Morgan fingerprint density at radius 1 is 1.18 bits per heavy atom. The summed E-state index contributed by atoms with van der Waals surface area (Å²) in [6, 6.07) is 6.56. The molecule has 0 saturated carbocycles. The normalized spacial score (nSPS) is 11.1. The number of carbonyl (C=O) groups is 1. The van der Waals surface area contributed by atoms with Gasteiger partial charge in [0.05, 0.1) is 14.2 Å². The molecular formula is C17H17NO4. The molecule has 5 nitrogen and oxygen atoms in total. The Morgan fingerprint density at radius 3 is 2.45 bits per heavy atom. The van der Waals surface area contributed by atoms with Crippen molar-refractivity contribution in [2.24, 2.45) is 0 Å². The fourth-order valence-electron chi connectivity index (χ4n) is 2.07. The Hall–Kier alpha value is -2.82. The van der Waals surface area contributed by atoms with E-state index in [4.69, 9.17) is 9.47 Å². The van der Waals surface area contributed by atoms with E-state index < -0.39 is 0 Å². The highest BCUT2D eigenvalue weighted by molar-refractivity contribution is 6.11. The van der Waals surface area contributed by atoms with Gasteiger partial charge in [-0.2, -0.15) is 0 Å². The molecule has 0 saturated heterocycles. The largest absolute Gasteiger partial charge is 0.507 e. The second kappa shape index (κ2) is 6.76. The summed E-state index contributed by atoms with van der Waals surface area (Å²) in [5.41, 5.74) is 1.76. The van der Waals surface area contributed by atoms with Crippen molar-refractivity contribution in [3.63, 3.8) is 0 Å². The SMILES string of the molecule is COc1cc(O)c(C(=O)C=C(C)c2ccncc2)c(OC)c1. The molecule has 2 aromatic rings. The molecule has 2 rings (SSSR count). The summed E-state index contributed by atoms with van der Waals surface area (Å²) in [5, 5.41) is 10.1. The minimum absolute atomic E-state index is 0.108.